The highest BCUT2D eigenvalue weighted by atomic mass is 32.2. The highest BCUT2D eigenvalue weighted by Crippen LogP contribution is 2.61. The maximum atomic E-state index is 15.9. The van der Waals surface area contributed by atoms with Gasteiger partial charge in [-0.05, 0) is 145 Å². The first-order valence-corrected chi connectivity index (χ1v) is 50.0. The van der Waals surface area contributed by atoms with Crippen LogP contribution >= 0.6 is 11.8 Å². The number of ether oxygens (including phenoxy) is 6. The van der Waals surface area contributed by atoms with E-state index < -0.39 is 263 Å². The van der Waals surface area contributed by atoms with Gasteiger partial charge in [-0.1, -0.05) is 87.5 Å². The number of ketones is 1. The lowest BCUT2D eigenvalue weighted by Gasteiger charge is -2.65. The molecule has 3 fully saturated rings. The number of carbonyl (C=O) groups excluding carboxylic acids is 15. The van der Waals surface area contributed by atoms with E-state index in [1.54, 1.807) is 42.5 Å². The maximum absolute atomic E-state index is 15.9. The van der Waals surface area contributed by atoms with Crippen LogP contribution in [0, 0.1) is 55.1 Å². The molecule has 2 saturated carbocycles. The van der Waals surface area contributed by atoms with E-state index in [2.05, 4.69) is 79.8 Å². The number of esters is 5. The number of hydrogen-bond donors (Lipinski definition) is 32. The summed E-state index contributed by atoms with van der Waals surface area (Å²) in [4.78, 5) is 219. The lowest BCUT2D eigenvalue weighted by molar-refractivity contribution is -0.340. The van der Waals surface area contributed by atoms with Gasteiger partial charge < -0.3 is 164 Å². The van der Waals surface area contributed by atoms with Gasteiger partial charge in [-0.15, -0.1) is 11.8 Å². The van der Waals surface area contributed by atoms with Gasteiger partial charge in [0.2, 0.25) is 53.4 Å². The number of nitrogens with two attached hydrogens (primary N) is 8. The molecule has 3 aliphatic carbocycles. The van der Waals surface area contributed by atoms with E-state index >= 15 is 24.0 Å². The molecule has 0 unspecified atom stereocenters. The molecule has 1 heterocycles. The zero-order valence-corrected chi connectivity index (χ0v) is 85.3. The molecule has 40 N–H and O–H groups in total. The monoisotopic (exact) mass is 2110 g/mol. The number of fused-ring (bicyclic) bond motifs is 5. The van der Waals surface area contributed by atoms with E-state index in [1.807, 2.05) is 13.8 Å². The number of guanidine groups is 7. The minimum absolute atomic E-state index is 0.00111. The summed E-state index contributed by atoms with van der Waals surface area (Å²) in [5.74, 6) is -21.8. The minimum atomic E-state index is -2.55. The normalized spacial score (nSPS) is 20.7. The van der Waals surface area contributed by atoms with Crippen LogP contribution in [0.3, 0.4) is 0 Å². The molecule has 0 aromatic heterocycles. The van der Waals surface area contributed by atoms with E-state index in [0.29, 0.717) is 0 Å². The number of benzene rings is 3. The zero-order chi connectivity index (χ0) is 111. The van der Waals surface area contributed by atoms with Crippen molar-refractivity contribution in [3.63, 3.8) is 0 Å². The third kappa shape index (κ3) is 37.9. The minimum Gasteiger partial charge on any atom is -0.455 e. The summed E-state index contributed by atoms with van der Waals surface area (Å²) in [6, 6.07) is 10.5. The summed E-state index contributed by atoms with van der Waals surface area (Å²) in [7, 11) is 0. The van der Waals surface area contributed by atoms with Gasteiger partial charge in [-0.25, -0.2) is 9.59 Å². The number of hydrogen-bond acceptors (Lipinski definition) is 31. The van der Waals surface area contributed by atoms with E-state index in [1.165, 1.54) is 69.3 Å². The summed E-state index contributed by atoms with van der Waals surface area (Å²) < 4.78 is 37.0. The fraction of sp³-hybridized carbons (Fsp3) is 0.558. The van der Waals surface area contributed by atoms with Crippen molar-refractivity contribution in [1.82, 2.24) is 79.8 Å². The Kier molecular flexibility index (Phi) is 49.4. The first-order valence-electron chi connectivity index (χ1n) is 48.8. The Morgan fingerprint density at radius 2 is 0.839 bits per heavy atom. The van der Waals surface area contributed by atoms with Crippen LogP contribution in [0.1, 0.15) is 190 Å². The summed E-state index contributed by atoms with van der Waals surface area (Å²) in [6.07, 6.45) is -13.8. The number of rotatable bonds is 58. The first-order chi connectivity index (χ1) is 70.6. The molecule has 0 radical (unpaired) electrons. The molecule has 3 aromatic rings. The van der Waals surface area contributed by atoms with Gasteiger partial charge in [-0.3, -0.25) is 100 Å². The molecule has 3 aromatic carbocycles. The highest BCUT2D eigenvalue weighted by molar-refractivity contribution is 7.99. The second-order valence-corrected chi connectivity index (χ2v) is 37.3. The standard InChI is InChI=1S/C93H140N30O23S.C2H6/c1-48(45-147-46-66(127)144-69(67(52-22-9-6-10-23-52)123-75(131)53-24-11-7-12-25-53)83(139)143-63-44-92(140)43-55(49(63)2)68(142-50(3)124)71(128)91(5)64(126)42-65-93(47-141-65,146-51(4)125)70(91)72(92)145-82(138)54-26-13-8-14-27-54)74(130)117-57(29-16-36-110-85(97)98)77(133)119-59(31-18-38-112-87(101)102)79(135)121-61(33-20-40-114-89(105)106)81(137)122-62(34-21-41-115-90(107)108)80(136)120-60(32-19-39-113-88(103)104)78(134)118-58(30-17-37-111-86(99)100)76(132)116-56(73(94)129)28-15-35-109-84(95)96;1-2/h6-14,22-27,48,56-65,67-70,72,126,140H,15-21,28-47H2,1-5H3,(H2,94,129)(H,116,132)(H,117,130)(H,118,134)(H,119,133)(H,120,136)(H,121,135)(H,122,137)(H,123,131)(H4,95,96,109)(H4,97,98,110)(H4,99,100,111)(H4,101,102,112)(H4,103,104,113)(H4,105,106,114)(H4,107,108,115);1-2H3/t48-,56+,57+,58+,59+,60+,61+,62+,63-,64-,65+,67-,68+,69+,70-,72-,91+,92+,93-;/m0./s1. The number of primary amides is 1. The van der Waals surface area contributed by atoms with Crippen molar-refractivity contribution in [3.05, 3.63) is 119 Å². The fourth-order valence-electron chi connectivity index (χ4n) is 17.6. The number of carbonyl (C=O) groups is 15. The van der Waals surface area contributed by atoms with Crippen LogP contribution in [0.25, 0.3) is 0 Å². The topological polar surface area (TPSA) is 907 Å². The number of aliphatic hydroxyl groups is 2. The van der Waals surface area contributed by atoms with Crippen molar-refractivity contribution in [2.45, 2.75) is 254 Å². The van der Waals surface area contributed by atoms with Crippen molar-refractivity contribution < 1.29 is 111 Å². The van der Waals surface area contributed by atoms with Crippen LogP contribution in [0.2, 0.25) is 0 Å². The smallest absolute Gasteiger partial charge is 0.350 e. The van der Waals surface area contributed by atoms with Crippen molar-refractivity contribution >= 4 is 142 Å². The van der Waals surface area contributed by atoms with E-state index in [-0.39, 0.29) is 182 Å². The molecular weight excluding hydrogens is 1960 g/mol. The fourth-order valence-corrected chi connectivity index (χ4v) is 18.5. The van der Waals surface area contributed by atoms with Crippen LogP contribution in [-0.2, 0) is 90.8 Å². The van der Waals surface area contributed by atoms with Gasteiger partial charge >= 0.3 is 29.8 Å². The quantitative estimate of drug-likeness (QED) is 0.00636. The molecule has 54 heteroatoms. The van der Waals surface area contributed by atoms with E-state index in [9.17, 15) is 58.2 Å². The second kappa shape index (κ2) is 60.2. The summed E-state index contributed by atoms with van der Waals surface area (Å²) in [5.41, 5.74) is 38.0. The van der Waals surface area contributed by atoms with Crippen molar-refractivity contribution in [1.29, 1.82) is 37.9 Å². The number of amides is 9. The molecule has 1 aliphatic heterocycles. The largest absolute Gasteiger partial charge is 0.455 e. The Morgan fingerprint density at radius 3 is 1.19 bits per heavy atom. The van der Waals surface area contributed by atoms with Crippen LogP contribution in [0.4, 0.5) is 0 Å². The van der Waals surface area contributed by atoms with Crippen LogP contribution in [-0.4, -0.2) is 295 Å². The Bertz CT molecular complexity index is 5230. The van der Waals surface area contributed by atoms with E-state index in [0.717, 1.165) is 25.6 Å². The molecule has 9 amide bonds. The van der Waals surface area contributed by atoms with Crippen molar-refractivity contribution in [2.24, 2.45) is 63.1 Å². The molecule has 4 aliphatic rings. The summed E-state index contributed by atoms with van der Waals surface area (Å²) >= 11 is 0.802. The third-order valence-corrected chi connectivity index (χ3v) is 26.3. The first kappa shape index (κ1) is 122. The predicted octanol–water partition coefficient (Wildman–Crippen LogP) is -4.23. The molecule has 149 heavy (non-hydrogen) atoms. The lowest BCUT2D eigenvalue weighted by atomic mass is 9.48. The van der Waals surface area contributed by atoms with Gasteiger partial charge in [-0.2, -0.15) is 0 Å². The molecule has 7 rings (SSSR count). The van der Waals surface area contributed by atoms with Gasteiger partial charge in [0.1, 0.15) is 72.2 Å². The Labute approximate surface area is 866 Å². The molecular formula is C95H146N30O23S. The third-order valence-electron chi connectivity index (χ3n) is 25.1. The molecule has 53 nitrogen and oxygen atoms in total. The Morgan fingerprint density at radius 1 is 0.483 bits per heavy atom. The molecule has 1 saturated heterocycles. The van der Waals surface area contributed by atoms with Crippen LogP contribution in [0.15, 0.2) is 102 Å². The SMILES string of the molecule is CC.CC(=O)O[C@H]1C(=O)[C@@]2(C)[C@H]([C@H](OC(=O)c3ccccc3)[C@@]3(O)CC1=C(C)[C@@H](OC(=O)[C@H](OC(=O)CSC[C@H](C)C(=O)N[C@H](CCCNC(=N)N)C(=O)N[C@H](CCCNC(=N)N)C(=O)N[C@H](CCCNC(=N)N)C(=O)N[C@H](CCCNC(=N)N)C(=O)N[C@H](CCCNC(=N)N)C(=O)N[C@H](CCCNC(=N)N)C(=O)N[C@H](CCCNC(=N)N)C(N)=O)[C@@H](NC(=O)c1ccccc1)c1ccccc1)C3)[C@]1(OC(C)=O)CO[C@@H]1C[C@@H]2O. The zero-order valence-electron chi connectivity index (χ0n) is 84.5. The molecule has 19 atom stereocenters. The second-order valence-electron chi connectivity index (χ2n) is 36.3. The highest BCUT2D eigenvalue weighted by Gasteiger charge is 2.76. The number of Topliss-reactive ketones (excluding diaryl/α,β-unsaturated/α-hetero) is 1. The molecule has 0 spiro atoms. The number of thioether (sulfide) groups is 1. The van der Waals surface area contributed by atoms with Crippen molar-refractivity contribution in [2.75, 3.05) is 63.9 Å². The van der Waals surface area contributed by atoms with Crippen LogP contribution in [0.5, 0.6) is 0 Å². The van der Waals surface area contributed by atoms with Crippen molar-refractivity contribution in [3.8, 4) is 0 Å². The predicted molar refractivity (Wildman–Crippen MR) is 547 cm³/mol. The Hall–Kier alpha value is -15.2. The number of nitrogens with one attached hydrogen (secondary N) is 22. The number of aliphatic hydroxyl groups excluding tert-OH is 1. The van der Waals surface area contributed by atoms with Gasteiger partial charge in [0.15, 0.2) is 59.2 Å². The Balaban J connectivity index is 0.0000168. The van der Waals surface area contributed by atoms with Gasteiger partial charge in [0.25, 0.3) is 5.91 Å². The molecule has 2 bridgehead atoms. The lowest BCUT2D eigenvalue weighted by Crippen LogP contribution is -2.80. The summed E-state index contributed by atoms with van der Waals surface area (Å²) in [5, 5.41) is 120. The van der Waals surface area contributed by atoms with Gasteiger partial charge in [0.05, 0.1) is 35.4 Å². The molecule has 820 valence electrons. The average molecular weight is 2110 g/mol. The van der Waals surface area contributed by atoms with E-state index in [4.69, 9.17) is 112 Å². The van der Waals surface area contributed by atoms with Gasteiger partial charge in [0, 0.05) is 96.2 Å². The summed E-state index contributed by atoms with van der Waals surface area (Å²) in [6.45, 7) is 9.70. The average Bonchev–Trinajstić information content (AvgIpc) is 0.676. The van der Waals surface area contributed by atoms with Crippen LogP contribution < -0.4 is 126 Å². The maximum Gasteiger partial charge on any atom is 0.350 e.